The molecular formula is C10H14N2. The van der Waals surface area contributed by atoms with E-state index in [9.17, 15) is 0 Å². The second-order valence-electron chi connectivity index (χ2n) is 3.34. The van der Waals surface area contributed by atoms with E-state index in [1.165, 1.54) is 25.2 Å². The molecule has 1 aliphatic rings. The molecule has 1 aromatic heterocycles. The highest BCUT2D eigenvalue weighted by Gasteiger charge is 2.26. The predicted octanol–water partition coefficient (Wildman–Crippen LogP) is 1.50. The first-order valence-corrected chi connectivity index (χ1v) is 4.52. The molecule has 2 heteroatoms. The lowest BCUT2D eigenvalue weighted by atomic mass is 9.93. The van der Waals surface area contributed by atoms with E-state index in [0.29, 0.717) is 0 Å². The van der Waals surface area contributed by atoms with Crippen LogP contribution in [-0.2, 0) is 0 Å². The van der Waals surface area contributed by atoms with Crippen LogP contribution in [0.25, 0.3) is 0 Å². The van der Waals surface area contributed by atoms with Gasteiger partial charge in [0.15, 0.2) is 0 Å². The molecule has 0 atom stereocenters. The molecule has 1 aliphatic heterocycles. The summed E-state index contributed by atoms with van der Waals surface area (Å²) in [5.74, 6) is 0.735. The van der Waals surface area contributed by atoms with Crippen molar-refractivity contribution in [1.82, 2.24) is 9.88 Å². The number of hydrogen-bond donors (Lipinski definition) is 0. The average Bonchev–Trinajstić information content (AvgIpc) is 2.04. The lowest BCUT2D eigenvalue weighted by Gasteiger charge is -2.38. The second-order valence-corrected chi connectivity index (χ2v) is 3.34. The summed E-state index contributed by atoms with van der Waals surface area (Å²) in [5.41, 5.74) is 1.39. The van der Waals surface area contributed by atoms with Gasteiger partial charge >= 0.3 is 0 Å². The molecule has 1 fully saturated rings. The summed E-state index contributed by atoms with van der Waals surface area (Å²) in [5, 5.41) is 0. The van der Waals surface area contributed by atoms with Gasteiger partial charge in [0.2, 0.25) is 0 Å². The fourth-order valence-corrected chi connectivity index (χ4v) is 1.66. The van der Waals surface area contributed by atoms with Gasteiger partial charge in [-0.15, -0.1) is 0 Å². The van der Waals surface area contributed by atoms with Gasteiger partial charge in [0, 0.05) is 31.4 Å². The molecule has 0 aromatic carbocycles. The van der Waals surface area contributed by atoms with Crippen LogP contribution in [0.4, 0.5) is 0 Å². The number of nitrogens with zero attached hydrogens (tertiary/aromatic N) is 2. The Hall–Kier alpha value is -0.890. The standard InChI is InChI=1S/C10H14N2/c1-2-12-7-10(8-12)9-4-3-5-11-6-9/h3-6,10H,2,7-8H2,1H3. The largest absolute Gasteiger partial charge is 0.302 e. The van der Waals surface area contributed by atoms with E-state index in [0.717, 1.165) is 5.92 Å². The van der Waals surface area contributed by atoms with Gasteiger partial charge < -0.3 is 4.90 Å². The van der Waals surface area contributed by atoms with Crippen molar-refractivity contribution in [3.05, 3.63) is 30.1 Å². The van der Waals surface area contributed by atoms with Gasteiger partial charge in [0.1, 0.15) is 0 Å². The normalized spacial score (nSPS) is 19.1. The monoisotopic (exact) mass is 162 g/mol. The van der Waals surface area contributed by atoms with Crippen molar-refractivity contribution in [1.29, 1.82) is 0 Å². The number of likely N-dealkylation sites (tertiary alicyclic amines) is 1. The summed E-state index contributed by atoms with van der Waals surface area (Å²) in [6.07, 6.45) is 3.82. The Morgan fingerprint density at radius 3 is 3.00 bits per heavy atom. The van der Waals surface area contributed by atoms with Crippen molar-refractivity contribution in [3.8, 4) is 0 Å². The molecule has 1 aromatic rings. The van der Waals surface area contributed by atoms with Crippen molar-refractivity contribution in [2.24, 2.45) is 0 Å². The Morgan fingerprint density at radius 1 is 1.58 bits per heavy atom. The van der Waals surface area contributed by atoms with Gasteiger partial charge in [0.05, 0.1) is 0 Å². The molecule has 0 unspecified atom stereocenters. The zero-order chi connectivity index (χ0) is 8.39. The number of aromatic nitrogens is 1. The van der Waals surface area contributed by atoms with Crippen LogP contribution >= 0.6 is 0 Å². The van der Waals surface area contributed by atoms with Gasteiger partial charge in [-0.25, -0.2) is 0 Å². The third-order valence-corrected chi connectivity index (χ3v) is 2.56. The molecular weight excluding hydrogens is 148 g/mol. The van der Waals surface area contributed by atoms with Gasteiger partial charge in [0.25, 0.3) is 0 Å². The summed E-state index contributed by atoms with van der Waals surface area (Å²) >= 11 is 0. The molecule has 12 heavy (non-hydrogen) atoms. The van der Waals surface area contributed by atoms with Gasteiger partial charge in [-0.3, -0.25) is 4.98 Å². The van der Waals surface area contributed by atoms with Crippen molar-refractivity contribution >= 4 is 0 Å². The Morgan fingerprint density at radius 2 is 2.42 bits per heavy atom. The minimum atomic E-state index is 0.735. The lowest BCUT2D eigenvalue weighted by molar-refractivity contribution is 0.157. The van der Waals surface area contributed by atoms with Crippen molar-refractivity contribution in [2.75, 3.05) is 19.6 Å². The van der Waals surface area contributed by atoms with Crippen LogP contribution in [0.2, 0.25) is 0 Å². The third kappa shape index (κ3) is 1.34. The van der Waals surface area contributed by atoms with Crippen LogP contribution in [0.15, 0.2) is 24.5 Å². The number of likely N-dealkylation sites (N-methyl/N-ethyl adjacent to an activating group) is 1. The number of hydrogen-bond acceptors (Lipinski definition) is 2. The Bertz CT molecular complexity index is 239. The fourth-order valence-electron chi connectivity index (χ4n) is 1.66. The summed E-state index contributed by atoms with van der Waals surface area (Å²) in [6, 6.07) is 4.19. The average molecular weight is 162 g/mol. The molecule has 2 heterocycles. The Kier molecular flexibility index (Phi) is 2.09. The first-order chi connectivity index (χ1) is 5.90. The lowest BCUT2D eigenvalue weighted by Crippen LogP contribution is -2.44. The van der Waals surface area contributed by atoms with E-state index in [-0.39, 0.29) is 0 Å². The van der Waals surface area contributed by atoms with Gasteiger partial charge in [-0.2, -0.15) is 0 Å². The maximum Gasteiger partial charge on any atom is 0.0303 e. The SMILES string of the molecule is CCN1CC(c2cccnc2)C1. The summed E-state index contributed by atoms with van der Waals surface area (Å²) in [7, 11) is 0. The van der Waals surface area contributed by atoms with E-state index in [1.807, 2.05) is 18.5 Å². The zero-order valence-corrected chi connectivity index (χ0v) is 7.40. The van der Waals surface area contributed by atoms with E-state index in [1.54, 1.807) is 0 Å². The van der Waals surface area contributed by atoms with Crippen LogP contribution in [0.1, 0.15) is 18.4 Å². The molecule has 0 radical (unpaired) electrons. The fraction of sp³-hybridized carbons (Fsp3) is 0.500. The van der Waals surface area contributed by atoms with Gasteiger partial charge in [-0.1, -0.05) is 13.0 Å². The van der Waals surface area contributed by atoms with E-state index in [2.05, 4.69) is 22.9 Å². The van der Waals surface area contributed by atoms with E-state index in [4.69, 9.17) is 0 Å². The zero-order valence-electron chi connectivity index (χ0n) is 7.40. The quantitative estimate of drug-likeness (QED) is 0.655. The Balaban J connectivity index is 1.97. The highest BCUT2D eigenvalue weighted by Crippen LogP contribution is 2.25. The molecule has 2 rings (SSSR count). The van der Waals surface area contributed by atoms with E-state index < -0.39 is 0 Å². The number of rotatable bonds is 2. The molecule has 2 nitrogen and oxygen atoms in total. The first kappa shape index (κ1) is 7.74. The molecule has 0 saturated carbocycles. The van der Waals surface area contributed by atoms with Crippen LogP contribution < -0.4 is 0 Å². The smallest absolute Gasteiger partial charge is 0.0303 e. The summed E-state index contributed by atoms with van der Waals surface area (Å²) in [6.45, 7) is 5.81. The molecule has 0 bridgehead atoms. The highest BCUT2D eigenvalue weighted by atomic mass is 15.2. The molecule has 1 saturated heterocycles. The molecule has 0 aliphatic carbocycles. The van der Waals surface area contributed by atoms with Crippen molar-refractivity contribution in [3.63, 3.8) is 0 Å². The summed E-state index contributed by atoms with van der Waals surface area (Å²) < 4.78 is 0. The minimum absolute atomic E-state index is 0.735. The first-order valence-electron chi connectivity index (χ1n) is 4.52. The Labute approximate surface area is 73.2 Å². The highest BCUT2D eigenvalue weighted by molar-refractivity contribution is 5.18. The molecule has 0 amide bonds. The van der Waals surface area contributed by atoms with Crippen LogP contribution in [-0.4, -0.2) is 29.5 Å². The second kappa shape index (κ2) is 3.23. The van der Waals surface area contributed by atoms with Crippen molar-refractivity contribution < 1.29 is 0 Å². The summed E-state index contributed by atoms with van der Waals surface area (Å²) in [4.78, 5) is 6.56. The molecule has 64 valence electrons. The van der Waals surface area contributed by atoms with Crippen molar-refractivity contribution in [2.45, 2.75) is 12.8 Å². The van der Waals surface area contributed by atoms with Crippen LogP contribution in [0, 0.1) is 0 Å². The molecule has 0 N–H and O–H groups in total. The maximum atomic E-state index is 4.12. The third-order valence-electron chi connectivity index (χ3n) is 2.56. The molecule has 0 spiro atoms. The van der Waals surface area contributed by atoms with Crippen LogP contribution in [0.5, 0.6) is 0 Å². The maximum absolute atomic E-state index is 4.12. The topological polar surface area (TPSA) is 16.1 Å². The number of pyridine rings is 1. The van der Waals surface area contributed by atoms with Gasteiger partial charge in [-0.05, 0) is 18.2 Å². The van der Waals surface area contributed by atoms with E-state index >= 15 is 0 Å². The van der Waals surface area contributed by atoms with Crippen LogP contribution in [0.3, 0.4) is 0 Å². The minimum Gasteiger partial charge on any atom is -0.302 e. The predicted molar refractivity (Wildman–Crippen MR) is 49.1 cm³/mol.